The zero-order valence-electron chi connectivity index (χ0n) is 6.60. The number of phenols is 1. The van der Waals surface area contributed by atoms with Crippen LogP contribution in [0.1, 0.15) is 0 Å². The van der Waals surface area contributed by atoms with Crippen LogP contribution in [0.3, 0.4) is 0 Å². The predicted molar refractivity (Wildman–Crippen MR) is 44.6 cm³/mol. The van der Waals surface area contributed by atoms with E-state index >= 15 is 0 Å². The Morgan fingerprint density at radius 2 is 1.85 bits per heavy atom. The molecule has 1 heterocycles. The number of rotatable bonds is 0. The Kier molecular flexibility index (Phi) is 2.75. The van der Waals surface area contributed by atoms with Crippen LogP contribution >= 0.6 is 0 Å². The Labute approximate surface area is 85.4 Å². The fourth-order valence-electron chi connectivity index (χ4n) is 1.22. The van der Waals surface area contributed by atoms with Gasteiger partial charge in [-0.3, -0.25) is 0 Å². The van der Waals surface area contributed by atoms with Crippen LogP contribution in [-0.2, 0) is 16.8 Å². The molecule has 13 heavy (non-hydrogen) atoms. The van der Waals surface area contributed by atoms with Gasteiger partial charge in [0.2, 0.25) is 0 Å². The number of aromatic nitrogens is 1. The summed E-state index contributed by atoms with van der Waals surface area (Å²) in [4.78, 5) is 0. The molecule has 0 aliphatic rings. The smallest absolute Gasteiger partial charge is 0.265 e. The van der Waals surface area contributed by atoms with E-state index in [2.05, 4.69) is 0 Å². The van der Waals surface area contributed by atoms with E-state index in [0.717, 1.165) is 5.39 Å². The van der Waals surface area contributed by atoms with Crippen molar-refractivity contribution in [3.8, 4) is 5.75 Å². The molecular formula is C9H7CoNO2. The van der Waals surface area contributed by atoms with Crippen molar-refractivity contribution in [2.45, 2.75) is 0 Å². The summed E-state index contributed by atoms with van der Waals surface area (Å²) in [5.74, 6) is 0.0168. The van der Waals surface area contributed by atoms with E-state index in [-0.39, 0.29) is 22.5 Å². The van der Waals surface area contributed by atoms with Crippen molar-refractivity contribution in [2.24, 2.45) is 0 Å². The molecule has 0 fully saturated rings. The second-order valence-corrected chi connectivity index (χ2v) is 2.55. The van der Waals surface area contributed by atoms with E-state index in [1.54, 1.807) is 24.3 Å². The molecule has 2 rings (SSSR count). The number of aromatic hydroxyl groups is 1. The van der Waals surface area contributed by atoms with Crippen molar-refractivity contribution in [3.05, 3.63) is 41.7 Å². The zero-order valence-corrected chi connectivity index (χ0v) is 7.64. The molecule has 3 nitrogen and oxygen atoms in total. The van der Waals surface area contributed by atoms with E-state index in [4.69, 9.17) is 0 Å². The fraction of sp³-hybridized carbons (Fsp3) is 0. The fourth-order valence-corrected chi connectivity index (χ4v) is 1.22. The van der Waals surface area contributed by atoms with Gasteiger partial charge in [0, 0.05) is 22.8 Å². The number of hydrogen-bond acceptors (Lipinski definition) is 2. The summed E-state index contributed by atoms with van der Waals surface area (Å²) < 4.78 is 0.657. The maximum atomic E-state index is 11.2. The van der Waals surface area contributed by atoms with Gasteiger partial charge < -0.3 is 10.3 Å². The Morgan fingerprint density at radius 1 is 1.15 bits per heavy atom. The summed E-state index contributed by atoms with van der Waals surface area (Å²) >= 11 is 0. The van der Waals surface area contributed by atoms with Crippen molar-refractivity contribution in [1.29, 1.82) is 0 Å². The molecule has 1 aromatic heterocycles. The largest absolute Gasteiger partial charge is 0.618 e. The number of para-hydroxylation sites is 1. The molecule has 0 bridgehead atoms. The number of nitrogens with zero attached hydrogens (tertiary/aromatic N) is 1. The van der Waals surface area contributed by atoms with Gasteiger partial charge in [-0.25, -0.2) is 0 Å². The van der Waals surface area contributed by atoms with Gasteiger partial charge in [-0.05, 0) is 18.2 Å². The summed E-state index contributed by atoms with van der Waals surface area (Å²) in [6, 6.07) is 8.41. The van der Waals surface area contributed by atoms with Crippen LogP contribution in [-0.4, -0.2) is 5.11 Å². The summed E-state index contributed by atoms with van der Waals surface area (Å²) in [6.45, 7) is 0. The first-order valence-corrected chi connectivity index (χ1v) is 3.59. The molecule has 1 radical (unpaired) electrons. The topological polar surface area (TPSA) is 47.2 Å². The molecule has 0 unspecified atom stereocenters. The first-order chi connectivity index (χ1) is 5.79. The Hall–Kier alpha value is -1.26. The number of hydrogen-bond donors (Lipinski definition) is 1. The SMILES string of the molecule is [Co].[O-][n+]1cccc2cccc(O)c21. The normalized spacial score (nSPS) is 9.54. The van der Waals surface area contributed by atoms with Crippen molar-refractivity contribution in [1.82, 2.24) is 0 Å². The molecule has 0 amide bonds. The molecule has 0 aliphatic carbocycles. The number of benzene rings is 1. The molecule has 2 aromatic rings. The average molecular weight is 220 g/mol. The van der Waals surface area contributed by atoms with Crippen LogP contribution in [0.15, 0.2) is 36.5 Å². The first kappa shape index (κ1) is 9.82. The van der Waals surface area contributed by atoms with E-state index in [9.17, 15) is 10.3 Å². The summed E-state index contributed by atoms with van der Waals surface area (Å²) in [5, 5.41) is 21.2. The monoisotopic (exact) mass is 220 g/mol. The first-order valence-electron chi connectivity index (χ1n) is 3.59. The maximum absolute atomic E-state index is 11.2. The van der Waals surface area contributed by atoms with Crippen molar-refractivity contribution in [2.75, 3.05) is 0 Å². The molecule has 1 aromatic carbocycles. The second kappa shape index (κ2) is 3.63. The molecule has 1 N–H and O–H groups in total. The van der Waals surface area contributed by atoms with E-state index in [0.29, 0.717) is 10.2 Å². The zero-order chi connectivity index (χ0) is 8.55. The molecular weight excluding hydrogens is 213 g/mol. The van der Waals surface area contributed by atoms with Crippen LogP contribution in [0.25, 0.3) is 10.9 Å². The summed E-state index contributed by atoms with van der Waals surface area (Å²) in [6.07, 6.45) is 1.36. The standard InChI is InChI=1S/C9H7NO2.Co/c11-8-5-1-3-7-4-2-6-10(12)9(7)8;/h1-6,11H;. The van der Waals surface area contributed by atoms with Crippen molar-refractivity contribution in [3.63, 3.8) is 0 Å². The molecule has 0 aliphatic heterocycles. The third kappa shape index (κ3) is 1.59. The third-order valence-corrected chi connectivity index (χ3v) is 1.76. The van der Waals surface area contributed by atoms with Crippen LogP contribution in [0.4, 0.5) is 0 Å². The third-order valence-electron chi connectivity index (χ3n) is 1.76. The Bertz CT molecular complexity index is 394. The van der Waals surface area contributed by atoms with E-state index in [1.807, 2.05) is 0 Å². The number of fused-ring (bicyclic) bond motifs is 1. The minimum Gasteiger partial charge on any atom is -0.618 e. The predicted octanol–water partition coefficient (Wildman–Crippen LogP) is 1.18. The second-order valence-electron chi connectivity index (χ2n) is 2.55. The molecule has 0 saturated heterocycles. The molecule has 0 spiro atoms. The minimum atomic E-state index is 0. The maximum Gasteiger partial charge on any atom is 0.265 e. The van der Waals surface area contributed by atoms with Crippen LogP contribution in [0, 0.1) is 5.21 Å². The molecule has 0 saturated carbocycles. The Balaban J connectivity index is 0.000000845. The quantitative estimate of drug-likeness (QED) is 0.535. The van der Waals surface area contributed by atoms with Crippen LogP contribution in [0.2, 0.25) is 0 Å². The van der Waals surface area contributed by atoms with Crippen molar-refractivity contribution >= 4 is 10.9 Å². The van der Waals surface area contributed by atoms with Crippen LogP contribution < -0.4 is 4.73 Å². The molecule has 69 valence electrons. The van der Waals surface area contributed by atoms with Crippen molar-refractivity contribution < 1.29 is 26.6 Å². The van der Waals surface area contributed by atoms with Gasteiger partial charge in [-0.2, -0.15) is 4.73 Å². The molecule has 0 atom stereocenters. The van der Waals surface area contributed by atoms with Gasteiger partial charge >= 0.3 is 0 Å². The number of phenolic OH excluding ortho intramolecular Hbond substituents is 1. The van der Waals surface area contributed by atoms with Gasteiger partial charge in [-0.15, -0.1) is 0 Å². The molecule has 4 heteroatoms. The van der Waals surface area contributed by atoms with Gasteiger partial charge in [0.15, 0.2) is 11.9 Å². The van der Waals surface area contributed by atoms with Gasteiger partial charge in [-0.1, -0.05) is 6.07 Å². The summed E-state index contributed by atoms with van der Waals surface area (Å²) in [5.41, 5.74) is 0.319. The van der Waals surface area contributed by atoms with Crippen LogP contribution in [0.5, 0.6) is 5.75 Å². The van der Waals surface area contributed by atoms with E-state index in [1.165, 1.54) is 12.3 Å². The number of pyridine rings is 1. The van der Waals surface area contributed by atoms with Gasteiger partial charge in [0.1, 0.15) is 0 Å². The van der Waals surface area contributed by atoms with Gasteiger partial charge in [0.05, 0.1) is 5.39 Å². The Morgan fingerprint density at radius 3 is 2.54 bits per heavy atom. The summed E-state index contributed by atoms with van der Waals surface area (Å²) in [7, 11) is 0. The minimum absolute atomic E-state index is 0. The van der Waals surface area contributed by atoms with Gasteiger partial charge in [0.25, 0.3) is 5.52 Å². The average Bonchev–Trinajstić information content (AvgIpc) is 2.04. The van der Waals surface area contributed by atoms with E-state index < -0.39 is 0 Å².